The Bertz CT molecular complexity index is 360. The fourth-order valence-electron chi connectivity index (χ4n) is 1.22. The van der Waals surface area contributed by atoms with Gasteiger partial charge in [0.15, 0.2) is 0 Å². The Morgan fingerprint density at radius 2 is 2.25 bits per heavy atom. The molecule has 1 nitrogen and oxygen atoms in total. The van der Waals surface area contributed by atoms with Gasteiger partial charge in [-0.15, -0.1) is 0 Å². The number of furan rings is 1. The lowest BCUT2D eigenvalue weighted by atomic mass is 10.1. The number of benzene rings is 1. The van der Waals surface area contributed by atoms with Gasteiger partial charge in [-0.2, -0.15) is 0 Å². The summed E-state index contributed by atoms with van der Waals surface area (Å²) in [7, 11) is 0. The van der Waals surface area contributed by atoms with Crippen LogP contribution in [0.15, 0.2) is 41.0 Å². The van der Waals surface area contributed by atoms with E-state index in [0.717, 1.165) is 11.3 Å². The van der Waals surface area contributed by atoms with Crippen molar-refractivity contribution in [2.75, 3.05) is 0 Å². The summed E-state index contributed by atoms with van der Waals surface area (Å²) in [5.74, 6) is 0.918. The molecule has 0 amide bonds. The highest BCUT2D eigenvalue weighted by atomic mass is 16.3. The van der Waals surface area contributed by atoms with E-state index in [2.05, 4.69) is 6.07 Å². The second-order valence-corrected chi connectivity index (χ2v) is 2.72. The zero-order valence-electron chi connectivity index (χ0n) is 6.87. The molecule has 0 bridgehead atoms. The normalized spacial score (nSPS) is 10.1. The molecular formula is C11H9O. The lowest BCUT2D eigenvalue weighted by molar-refractivity contribution is 0.582. The maximum absolute atomic E-state index is 5.29. The minimum atomic E-state index is 0.918. The third kappa shape index (κ3) is 1.14. The fraction of sp³-hybridized carbons (Fsp3) is 0.0909. The molecule has 12 heavy (non-hydrogen) atoms. The Kier molecular flexibility index (Phi) is 1.71. The summed E-state index contributed by atoms with van der Waals surface area (Å²) in [4.78, 5) is 0. The summed E-state index contributed by atoms with van der Waals surface area (Å²) in [5.41, 5.74) is 2.33. The van der Waals surface area contributed by atoms with E-state index in [1.54, 1.807) is 6.26 Å². The highest BCUT2D eigenvalue weighted by Crippen LogP contribution is 2.22. The molecule has 0 fully saturated rings. The van der Waals surface area contributed by atoms with E-state index in [9.17, 15) is 0 Å². The fourth-order valence-corrected chi connectivity index (χ4v) is 1.22. The van der Waals surface area contributed by atoms with Gasteiger partial charge in [0.2, 0.25) is 0 Å². The lowest BCUT2D eigenvalue weighted by Gasteiger charge is -1.99. The minimum Gasteiger partial charge on any atom is -0.464 e. The highest BCUT2D eigenvalue weighted by Gasteiger charge is 2.01. The van der Waals surface area contributed by atoms with Gasteiger partial charge in [-0.05, 0) is 30.7 Å². The van der Waals surface area contributed by atoms with Gasteiger partial charge < -0.3 is 4.42 Å². The zero-order valence-corrected chi connectivity index (χ0v) is 6.87. The molecule has 2 aromatic rings. The molecule has 0 atom stereocenters. The predicted octanol–water partition coefficient (Wildman–Crippen LogP) is 3.06. The van der Waals surface area contributed by atoms with Gasteiger partial charge in [-0.25, -0.2) is 0 Å². The summed E-state index contributed by atoms with van der Waals surface area (Å²) in [6, 6.07) is 12.7. The van der Waals surface area contributed by atoms with Crippen molar-refractivity contribution in [3.8, 4) is 11.3 Å². The first-order valence-corrected chi connectivity index (χ1v) is 3.88. The predicted molar refractivity (Wildman–Crippen MR) is 47.7 cm³/mol. The van der Waals surface area contributed by atoms with Crippen LogP contribution in [0.4, 0.5) is 0 Å². The standard InChI is InChI=1S/C11H9O/c1-9-5-2-3-6-10(9)11-7-4-8-12-11/h3-8H,1H3. The van der Waals surface area contributed by atoms with Gasteiger partial charge in [-0.1, -0.05) is 18.2 Å². The second kappa shape index (κ2) is 2.86. The van der Waals surface area contributed by atoms with Crippen LogP contribution in [0, 0.1) is 13.0 Å². The maximum atomic E-state index is 5.29. The zero-order chi connectivity index (χ0) is 8.39. The Balaban J connectivity index is 2.55. The molecule has 1 aromatic carbocycles. The van der Waals surface area contributed by atoms with E-state index in [1.165, 1.54) is 5.56 Å². The lowest BCUT2D eigenvalue weighted by Crippen LogP contribution is -1.78. The Morgan fingerprint density at radius 1 is 1.33 bits per heavy atom. The second-order valence-electron chi connectivity index (χ2n) is 2.72. The quantitative estimate of drug-likeness (QED) is 0.620. The van der Waals surface area contributed by atoms with Crippen molar-refractivity contribution in [3.05, 3.63) is 48.2 Å². The molecule has 0 aliphatic rings. The Labute approximate surface area is 71.6 Å². The van der Waals surface area contributed by atoms with E-state index < -0.39 is 0 Å². The molecule has 0 saturated carbocycles. The van der Waals surface area contributed by atoms with Crippen molar-refractivity contribution in [3.63, 3.8) is 0 Å². The van der Waals surface area contributed by atoms with Crippen molar-refractivity contribution in [2.45, 2.75) is 6.92 Å². The molecule has 0 N–H and O–H groups in total. The molecule has 2 rings (SSSR count). The molecule has 0 spiro atoms. The summed E-state index contributed by atoms with van der Waals surface area (Å²) in [5, 5.41) is 0. The largest absolute Gasteiger partial charge is 0.464 e. The average molecular weight is 157 g/mol. The third-order valence-corrected chi connectivity index (χ3v) is 1.86. The average Bonchev–Trinajstić information content (AvgIpc) is 2.57. The van der Waals surface area contributed by atoms with Crippen LogP contribution in [-0.2, 0) is 0 Å². The van der Waals surface area contributed by atoms with Crippen LogP contribution in [0.2, 0.25) is 0 Å². The smallest absolute Gasteiger partial charge is 0.134 e. The van der Waals surface area contributed by atoms with Crippen LogP contribution in [0.1, 0.15) is 5.56 Å². The van der Waals surface area contributed by atoms with E-state index in [4.69, 9.17) is 4.42 Å². The summed E-state index contributed by atoms with van der Waals surface area (Å²) < 4.78 is 5.29. The first-order valence-electron chi connectivity index (χ1n) is 3.88. The Hall–Kier alpha value is -1.50. The summed E-state index contributed by atoms with van der Waals surface area (Å²) >= 11 is 0. The highest BCUT2D eigenvalue weighted by molar-refractivity contribution is 5.61. The molecular weight excluding hydrogens is 148 g/mol. The molecule has 1 heterocycles. The van der Waals surface area contributed by atoms with Crippen molar-refractivity contribution in [1.29, 1.82) is 0 Å². The minimum absolute atomic E-state index is 0.918. The number of hydrogen-bond donors (Lipinski definition) is 0. The van der Waals surface area contributed by atoms with E-state index in [0.29, 0.717) is 0 Å². The third-order valence-electron chi connectivity index (χ3n) is 1.86. The maximum Gasteiger partial charge on any atom is 0.134 e. The van der Waals surface area contributed by atoms with Gasteiger partial charge in [0, 0.05) is 5.56 Å². The first kappa shape index (κ1) is 7.17. The monoisotopic (exact) mass is 157 g/mol. The van der Waals surface area contributed by atoms with Gasteiger partial charge in [0.05, 0.1) is 6.26 Å². The van der Waals surface area contributed by atoms with Crippen LogP contribution < -0.4 is 0 Å². The Morgan fingerprint density at radius 3 is 2.92 bits per heavy atom. The van der Waals surface area contributed by atoms with Crippen LogP contribution in [0.25, 0.3) is 11.3 Å². The van der Waals surface area contributed by atoms with Crippen LogP contribution in [0.5, 0.6) is 0 Å². The molecule has 0 aliphatic heterocycles. The topological polar surface area (TPSA) is 13.1 Å². The van der Waals surface area contributed by atoms with Crippen molar-refractivity contribution in [1.82, 2.24) is 0 Å². The van der Waals surface area contributed by atoms with Crippen molar-refractivity contribution >= 4 is 0 Å². The van der Waals surface area contributed by atoms with Crippen LogP contribution in [0.3, 0.4) is 0 Å². The number of aryl methyl sites for hydroxylation is 1. The van der Waals surface area contributed by atoms with Crippen molar-refractivity contribution < 1.29 is 4.42 Å². The van der Waals surface area contributed by atoms with Crippen molar-refractivity contribution in [2.24, 2.45) is 0 Å². The molecule has 0 saturated heterocycles. The van der Waals surface area contributed by atoms with Gasteiger partial charge >= 0.3 is 0 Å². The van der Waals surface area contributed by atoms with Gasteiger partial charge in [0.1, 0.15) is 5.76 Å². The van der Waals surface area contributed by atoms with Crippen LogP contribution in [-0.4, -0.2) is 0 Å². The first-order chi connectivity index (χ1) is 5.88. The van der Waals surface area contributed by atoms with E-state index in [1.807, 2.05) is 37.3 Å². The number of rotatable bonds is 1. The molecule has 0 aliphatic carbocycles. The molecule has 59 valence electrons. The molecule has 0 unspecified atom stereocenters. The number of hydrogen-bond acceptors (Lipinski definition) is 1. The molecule has 1 aromatic heterocycles. The van der Waals surface area contributed by atoms with Crippen LogP contribution >= 0.6 is 0 Å². The van der Waals surface area contributed by atoms with Gasteiger partial charge in [0.25, 0.3) is 0 Å². The molecule has 1 heteroatoms. The summed E-state index contributed by atoms with van der Waals surface area (Å²) in [6.45, 7) is 2.05. The van der Waals surface area contributed by atoms with E-state index in [-0.39, 0.29) is 0 Å². The van der Waals surface area contributed by atoms with E-state index >= 15 is 0 Å². The molecule has 1 radical (unpaired) electrons. The SMILES string of the molecule is Cc1c[c]ccc1-c1ccco1. The summed E-state index contributed by atoms with van der Waals surface area (Å²) in [6.07, 6.45) is 1.69. The van der Waals surface area contributed by atoms with Gasteiger partial charge in [-0.3, -0.25) is 0 Å².